The van der Waals surface area contributed by atoms with E-state index >= 15 is 0 Å². The van der Waals surface area contributed by atoms with Gasteiger partial charge in [0.25, 0.3) is 5.56 Å². The highest BCUT2D eigenvalue weighted by Gasteiger charge is 2.20. The number of aromatic nitrogens is 3. The molecule has 0 unspecified atom stereocenters. The first-order valence-corrected chi connectivity index (χ1v) is 9.44. The van der Waals surface area contributed by atoms with E-state index in [9.17, 15) is 9.90 Å². The Hall–Kier alpha value is -4.06. The molecule has 150 valence electrons. The third-order valence-electron chi connectivity index (χ3n) is 4.92. The van der Waals surface area contributed by atoms with Gasteiger partial charge in [0.05, 0.1) is 12.8 Å². The van der Waals surface area contributed by atoms with Crippen molar-refractivity contribution in [3.63, 3.8) is 0 Å². The van der Waals surface area contributed by atoms with Crippen molar-refractivity contribution in [1.82, 2.24) is 14.8 Å². The van der Waals surface area contributed by atoms with Crippen LogP contribution in [0.4, 0.5) is 0 Å². The number of rotatable bonds is 6. The molecule has 0 aliphatic heterocycles. The van der Waals surface area contributed by atoms with Gasteiger partial charge < -0.3 is 9.84 Å². The third-order valence-corrected chi connectivity index (χ3v) is 4.92. The maximum Gasteiger partial charge on any atom is 0.276 e. The van der Waals surface area contributed by atoms with Crippen molar-refractivity contribution < 1.29 is 9.84 Å². The smallest absolute Gasteiger partial charge is 0.276 e. The van der Waals surface area contributed by atoms with E-state index in [-0.39, 0.29) is 11.3 Å². The van der Waals surface area contributed by atoms with Crippen molar-refractivity contribution >= 4 is 5.57 Å². The van der Waals surface area contributed by atoms with Crippen LogP contribution in [0.15, 0.2) is 84.3 Å². The number of benzene rings is 2. The number of pyridine rings is 1. The zero-order chi connectivity index (χ0) is 21.1. The molecule has 0 aliphatic rings. The van der Waals surface area contributed by atoms with Crippen molar-refractivity contribution in [3.8, 4) is 17.3 Å². The minimum absolute atomic E-state index is 0.0399. The number of methoxy groups -OCH3 is 1. The molecule has 0 bridgehead atoms. The van der Waals surface area contributed by atoms with E-state index in [1.807, 2.05) is 36.4 Å². The first-order valence-electron chi connectivity index (χ1n) is 9.44. The molecule has 2 aromatic heterocycles. The topological polar surface area (TPSA) is 80.1 Å². The Morgan fingerprint density at radius 1 is 1.13 bits per heavy atom. The lowest BCUT2D eigenvalue weighted by atomic mass is 9.97. The number of H-pyrrole nitrogens is 1. The molecule has 6 heteroatoms. The van der Waals surface area contributed by atoms with E-state index in [0.717, 1.165) is 11.1 Å². The fourth-order valence-electron chi connectivity index (χ4n) is 3.34. The first kappa shape index (κ1) is 19.3. The fraction of sp³-hybridized carbons (Fsp3) is 0.0833. The Balaban J connectivity index is 1.85. The van der Waals surface area contributed by atoms with Crippen molar-refractivity contribution in [1.29, 1.82) is 0 Å². The number of ether oxygens (including phenoxy) is 1. The molecule has 2 heterocycles. The van der Waals surface area contributed by atoms with Gasteiger partial charge in [-0.25, -0.2) is 9.67 Å². The lowest BCUT2D eigenvalue weighted by Gasteiger charge is -2.10. The molecule has 6 nitrogen and oxygen atoms in total. The summed E-state index contributed by atoms with van der Waals surface area (Å²) in [6.45, 7) is 4.21. The minimum atomic E-state index is -0.181. The second kappa shape index (κ2) is 8.13. The molecule has 0 saturated heterocycles. The van der Waals surface area contributed by atoms with Crippen LogP contribution in [0.25, 0.3) is 11.4 Å². The van der Waals surface area contributed by atoms with Crippen LogP contribution in [0.2, 0.25) is 0 Å². The lowest BCUT2D eigenvalue weighted by molar-refractivity contribution is 0.373. The number of hydrogen-bond donors (Lipinski definition) is 2. The van der Waals surface area contributed by atoms with E-state index in [1.165, 1.54) is 11.8 Å². The Kier molecular flexibility index (Phi) is 5.22. The summed E-state index contributed by atoms with van der Waals surface area (Å²) in [4.78, 5) is 17.6. The average Bonchev–Trinajstić information content (AvgIpc) is 3.11. The second-order valence-electron chi connectivity index (χ2n) is 6.82. The van der Waals surface area contributed by atoms with Gasteiger partial charge in [-0.15, -0.1) is 0 Å². The molecule has 2 N–H and O–H groups in total. The number of nitrogens with one attached hydrogen (secondary N) is 1. The number of hydrogen-bond acceptors (Lipinski definition) is 4. The molecule has 0 saturated carbocycles. The van der Waals surface area contributed by atoms with Crippen LogP contribution in [0, 0.1) is 0 Å². The predicted octanol–water partition coefficient (Wildman–Crippen LogP) is 3.93. The van der Waals surface area contributed by atoms with Crippen molar-refractivity contribution in [3.05, 3.63) is 112 Å². The maximum absolute atomic E-state index is 13.3. The molecule has 30 heavy (non-hydrogen) atoms. The van der Waals surface area contributed by atoms with Gasteiger partial charge in [0.2, 0.25) is 0 Å². The van der Waals surface area contributed by atoms with Crippen LogP contribution in [-0.4, -0.2) is 27.0 Å². The quantitative estimate of drug-likeness (QED) is 0.515. The number of phenolic OH excluding ortho intramolecular Hbond substituents is 1. The van der Waals surface area contributed by atoms with Crippen LogP contribution >= 0.6 is 0 Å². The van der Waals surface area contributed by atoms with Gasteiger partial charge in [-0.1, -0.05) is 49.0 Å². The minimum Gasteiger partial charge on any atom is -0.504 e. The number of phenols is 1. The lowest BCUT2D eigenvalue weighted by Crippen LogP contribution is -2.18. The summed E-state index contributed by atoms with van der Waals surface area (Å²) in [5.74, 6) is 0.877. The summed E-state index contributed by atoms with van der Waals surface area (Å²) >= 11 is 0. The predicted molar refractivity (Wildman–Crippen MR) is 116 cm³/mol. The number of aromatic amines is 1. The molecule has 4 aromatic rings. The monoisotopic (exact) mass is 399 g/mol. The van der Waals surface area contributed by atoms with Gasteiger partial charge in [0.1, 0.15) is 0 Å². The zero-order valence-electron chi connectivity index (χ0n) is 16.5. The van der Waals surface area contributed by atoms with Gasteiger partial charge in [0, 0.05) is 23.8 Å². The van der Waals surface area contributed by atoms with E-state index in [0.29, 0.717) is 34.8 Å². The van der Waals surface area contributed by atoms with E-state index < -0.39 is 0 Å². The molecule has 0 spiro atoms. The van der Waals surface area contributed by atoms with E-state index in [2.05, 4.69) is 16.7 Å². The Labute approximate surface area is 173 Å². The average molecular weight is 399 g/mol. The molecule has 2 aromatic carbocycles. The highest BCUT2D eigenvalue weighted by atomic mass is 16.5. The standard InChI is InChI=1S/C24H21N3O3/c1-16(18-11-12-20(28)21(15-18)30-2)23-19(14-17-8-4-3-5-9-17)24(29)27(26-23)22-10-6-7-13-25-22/h3-13,15,26,28H,1,14H2,2H3. The third kappa shape index (κ3) is 3.63. The first-order chi connectivity index (χ1) is 14.6. The summed E-state index contributed by atoms with van der Waals surface area (Å²) in [7, 11) is 1.49. The van der Waals surface area contributed by atoms with Crippen LogP contribution in [0.5, 0.6) is 11.5 Å². The summed E-state index contributed by atoms with van der Waals surface area (Å²) in [6.07, 6.45) is 2.08. The van der Waals surface area contributed by atoms with Crippen LogP contribution in [0.1, 0.15) is 22.4 Å². The molecule has 0 amide bonds. The largest absolute Gasteiger partial charge is 0.504 e. The highest BCUT2D eigenvalue weighted by molar-refractivity contribution is 5.79. The molecule has 4 rings (SSSR count). The van der Waals surface area contributed by atoms with Crippen molar-refractivity contribution in [2.45, 2.75) is 6.42 Å². The molecular formula is C24H21N3O3. The number of nitrogens with zero attached hydrogens (tertiary/aromatic N) is 2. The molecular weight excluding hydrogens is 378 g/mol. The molecule has 0 aliphatic carbocycles. The summed E-state index contributed by atoms with van der Waals surface area (Å²) in [5.41, 5.74) is 3.38. The van der Waals surface area contributed by atoms with Gasteiger partial charge >= 0.3 is 0 Å². The SMILES string of the molecule is C=C(c1ccc(O)c(OC)c1)c1[nH]n(-c2ccccn2)c(=O)c1Cc1ccccc1. The summed E-state index contributed by atoms with van der Waals surface area (Å²) in [6, 6.07) is 20.2. The fourth-order valence-corrected chi connectivity index (χ4v) is 3.34. The summed E-state index contributed by atoms with van der Waals surface area (Å²) in [5, 5.41) is 13.1. The van der Waals surface area contributed by atoms with Crippen LogP contribution < -0.4 is 10.3 Å². The second-order valence-corrected chi connectivity index (χ2v) is 6.82. The van der Waals surface area contributed by atoms with Crippen LogP contribution in [0.3, 0.4) is 0 Å². The van der Waals surface area contributed by atoms with E-state index in [4.69, 9.17) is 4.74 Å². The van der Waals surface area contributed by atoms with Gasteiger partial charge in [-0.05, 0) is 35.4 Å². The summed E-state index contributed by atoms with van der Waals surface area (Å²) < 4.78 is 6.64. The molecule has 0 fully saturated rings. The van der Waals surface area contributed by atoms with Crippen LogP contribution in [-0.2, 0) is 6.42 Å². The van der Waals surface area contributed by atoms with Crippen molar-refractivity contribution in [2.24, 2.45) is 0 Å². The molecule has 0 atom stereocenters. The van der Waals surface area contributed by atoms with Gasteiger partial charge in [-0.3, -0.25) is 9.89 Å². The van der Waals surface area contributed by atoms with Gasteiger partial charge in [-0.2, -0.15) is 0 Å². The van der Waals surface area contributed by atoms with Gasteiger partial charge in [0.15, 0.2) is 17.3 Å². The Bertz CT molecular complexity index is 1240. The van der Waals surface area contributed by atoms with Crippen molar-refractivity contribution in [2.75, 3.05) is 7.11 Å². The maximum atomic E-state index is 13.3. The number of aromatic hydroxyl groups is 1. The highest BCUT2D eigenvalue weighted by Crippen LogP contribution is 2.32. The zero-order valence-corrected chi connectivity index (χ0v) is 16.5. The Morgan fingerprint density at radius 3 is 2.60 bits per heavy atom. The van der Waals surface area contributed by atoms with E-state index in [1.54, 1.807) is 36.5 Å². The normalized spacial score (nSPS) is 10.7. The molecule has 0 radical (unpaired) electrons. The Morgan fingerprint density at radius 2 is 1.90 bits per heavy atom.